The molecule has 0 aliphatic heterocycles. The third kappa shape index (κ3) is 5.12. The maximum absolute atomic E-state index is 9.49. The van der Waals surface area contributed by atoms with Crippen LogP contribution in [0.3, 0.4) is 0 Å². The molecule has 0 spiro atoms. The van der Waals surface area contributed by atoms with Gasteiger partial charge in [-0.05, 0) is 98.0 Å². The highest BCUT2D eigenvalue weighted by Gasteiger charge is 2.18. The van der Waals surface area contributed by atoms with Crippen LogP contribution in [0.5, 0.6) is 0 Å². The zero-order valence-electron chi connectivity index (χ0n) is 32.1. The summed E-state index contributed by atoms with van der Waals surface area (Å²) in [7, 11) is 0. The van der Waals surface area contributed by atoms with Crippen molar-refractivity contribution in [1.82, 2.24) is 0 Å². The molecule has 0 bridgehead atoms. The average molecular weight is 668 g/mol. The van der Waals surface area contributed by atoms with Crippen LogP contribution in [0.1, 0.15) is 5.48 Å². The number of hydrogen-bond acceptors (Lipinski definition) is 2. The molecule has 244 valence electrons. The second kappa shape index (κ2) is 12.5. The highest BCUT2D eigenvalue weighted by molar-refractivity contribution is 6.19. The van der Waals surface area contributed by atoms with Gasteiger partial charge < -0.3 is 9.32 Å². The Hall–Kier alpha value is -6.90. The fourth-order valence-electron chi connectivity index (χ4n) is 7.47. The summed E-state index contributed by atoms with van der Waals surface area (Å²) in [6.07, 6.45) is 0. The average Bonchev–Trinajstić information content (AvgIpc) is 3.64. The highest BCUT2D eigenvalue weighted by Crippen LogP contribution is 2.43. The third-order valence-electron chi connectivity index (χ3n) is 9.91. The van der Waals surface area contributed by atoms with Crippen LogP contribution in [0.2, 0.25) is 0 Å². The van der Waals surface area contributed by atoms with Gasteiger partial charge in [0.05, 0.1) is 5.48 Å². The van der Waals surface area contributed by atoms with E-state index in [1.54, 1.807) is 0 Å². The van der Waals surface area contributed by atoms with Crippen LogP contribution in [-0.4, -0.2) is 0 Å². The third-order valence-corrected chi connectivity index (χ3v) is 9.91. The first kappa shape index (κ1) is 26.0. The van der Waals surface area contributed by atoms with E-state index in [1.165, 1.54) is 0 Å². The number of rotatable bonds is 6. The fraction of sp³-hybridized carbons (Fsp3) is 0. The zero-order valence-corrected chi connectivity index (χ0v) is 28.1. The minimum atomic E-state index is -0.124. The van der Waals surface area contributed by atoms with Gasteiger partial charge in [0.1, 0.15) is 11.2 Å². The molecular formula is C50H33NO. The number of hydrogen-bond donors (Lipinski definition) is 0. The second-order valence-electron chi connectivity index (χ2n) is 13.0. The summed E-state index contributed by atoms with van der Waals surface area (Å²) in [5.41, 5.74) is 8.06. The van der Waals surface area contributed by atoms with E-state index < -0.39 is 0 Å². The van der Waals surface area contributed by atoms with E-state index in [-0.39, 0.29) is 35.4 Å². The minimum absolute atomic E-state index is 0.0968. The smallest absolute Gasteiger partial charge is 0.143 e. The van der Waals surface area contributed by atoms with Crippen LogP contribution in [-0.2, 0) is 0 Å². The Morgan fingerprint density at radius 3 is 1.73 bits per heavy atom. The lowest BCUT2D eigenvalue weighted by atomic mass is 9.96. The first-order valence-electron chi connectivity index (χ1n) is 19.4. The van der Waals surface area contributed by atoms with Crippen molar-refractivity contribution in [3.8, 4) is 33.4 Å². The molecule has 9 aromatic carbocycles. The molecule has 0 fully saturated rings. The minimum Gasteiger partial charge on any atom is -0.455 e. The van der Waals surface area contributed by atoms with Gasteiger partial charge >= 0.3 is 0 Å². The molecule has 0 atom stereocenters. The molecule has 0 aliphatic rings. The molecule has 1 heterocycles. The van der Waals surface area contributed by atoms with Gasteiger partial charge in [-0.1, -0.05) is 152 Å². The van der Waals surface area contributed by atoms with Crippen molar-refractivity contribution in [2.45, 2.75) is 0 Å². The summed E-state index contributed by atoms with van der Waals surface area (Å²) in [5, 5.41) is 6.44. The van der Waals surface area contributed by atoms with E-state index in [1.807, 2.05) is 95.9 Å². The van der Waals surface area contributed by atoms with Gasteiger partial charge in [-0.3, -0.25) is 0 Å². The normalized spacial score (nSPS) is 12.5. The molecule has 0 saturated heterocycles. The predicted octanol–water partition coefficient (Wildman–Crippen LogP) is 14.4. The molecule has 0 saturated carbocycles. The molecule has 0 unspecified atom stereocenters. The topological polar surface area (TPSA) is 16.4 Å². The molecule has 2 nitrogen and oxygen atoms in total. The molecule has 0 amide bonds. The summed E-state index contributed by atoms with van der Waals surface area (Å²) in [6.45, 7) is 0. The van der Waals surface area contributed by atoms with E-state index in [0.29, 0.717) is 16.9 Å². The van der Waals surface area contributed by atoms with E-state index in [0.717, 1.165) is 65.7 Å². The van der Waals surface area contributed by atoms with Crippen molar-refractivity contribution in [3.63, 3.8) is 0 Å². The van der Waals surface area contributed by atoms with E-state index >= 15 is 0 Å². The summed E-state index contributed by atoms with van der Waals surface area (Å²) in [4.78, 5) is 1.87. The van der Waals surface area contributed by atoms with E-state index in [2.05, 4.69) is 84.9 Å². The SMILES string of the molecule is [2H]c1c([2H])c(N(c2cccc(-c3cccc4ccccc34)c2)c2cccc(-c3cccc4oc5c6ccccc6ccc5c34)c2)c([2H])c([2H])c1-c1ccccc1. The molecule has 10 rings (SSSR count). The van der Waals surface area contributed by atoms with E-state index in [4.69, 9.17) is 4.42 Å². The Balaban J connectivity index is 1.21. The maximum Gasteiger partial charge on any atom is 0.143 e. The van der Waals surface area contributed by atoms with Crippen molar-refractivity contribution in [2.75, 3.05) is 4.90 Å². The number of benzene rings is 9. The fourth-order valence-corrected chi connectivity index (χ4v) is 7.47. The van der Waals surface area contributed by atoms with Gasteiger partial charge in [-0.15, -0.1) is 0 Å². The summed E-state index contributed by atoms with van der Waals surface area (Å²) in [6, 6.07) is 58.1. The highest BCUT2D eigenvalue weighted by atomic mass is 16.3. The first-order chi connectivity index (χ1) is 27.5. The van der Waals surface area contributed by atoms with Crippen molar-refractivity contribution in [1.29, 1.82) is 0 Å². The van der Waals surface area contributed by atoms with Crippen LogP contribution in [0, 0.1) is 0 Å². The monoisotopic (exact) mass is 667 g/mol. The molecule has 10 aromatic rings. The predicted molar refractivity (Wildman–Crippen MR) is 220 cm³/mol. The van der Waals surface area contributed by atoms with Gasteiger partial charge in [0, 0.05) is 33.2 Å². The summed E-state index contributed by atoms with van der Waals surface area (Å²) < 4.78 is 44.0. The van der Waals surface area contributed by atoms with Crippen molar-refractivity contribution >= 4 is 60.5 Å². The number of furan rings is 1. The number of nitrogens with zero attached hydrogens (tertiary/aromatic N) is 1. The number of fused-ring (bicyclic) bond motifs is 6. The van der Waals surface area contributed by atoms with Gasteiger partial charge in [0.15, 0.2) is 0 Å². The Morgan fingerprint density at radius 2 is 0.962 bits per heavy atom. The Morgan fingerprint density at radius 1 is 0.385 bits per heavy atom. The number of anilines is 3. The van der Waals surface area contributed by atoms with Crippen LogP contribution in [0.25, 0.3) is 76.9 Å². The molecule has 0 N–H and O–H groups in total. The lowest BCUT2D eigenvalue weighted by Crippen LogP contribution is -2.10. The van der Waals surface area contributed by atoms with Crippen LogP contribution < -0.4 is 4.90 Å². The molecule has 0 aliphatic carbocycles. The van der Waals surface area contributed by atoms with E-state index in [9.17, 15) is 5.48 Å². The Kier molecular flexibility index (Phi) is 6.22. The van der Waals surface area contributed by atoms with Crippen molar-refractivity contribution in [2.24, 2.45) is 0 Å². The van der Waals surface area contributed by atoms with Crippen molar-refractivity contribution < 1.29 is 9.90 Å². The largest absolute Gasteiger partial charge is 0.455 e. The summed E-state index contributed by atoms with van der Waals surface area (Å²) >= 11 is 0. The second-order valence-corrected chi connectivity index (χ2v) is 13.0. The Bertz CT molecular complexity index is 3120. The summed E-state index contributed by atoms with van der Waals surface area (Å²) in [5.74, 6) is 0. The van der Waals surface area contributed by atoms with Crippen molar-refractivity contribution in [3.05, 3.63) is 200 Å². The first-order valence-corrected chi connectivity index (χ1v) is 17.4. The Labute approximate surface area is 308 Å². The standard InChI is InChI=1S/C50H33NO/c1-2-12-34(13-3-1)35-26-29-40(30-27-35)51(41-19-8-17-38(32-41)44-23-10-16-36-14-4-6-21-43(36)44)42-20-9-18-39(33-42)45-24-11-25-48-49(45)47-31-28-37-15-5-7-22-46(37)50(47)52-48/h1-33H/i26D,27D,29D,30D. The van der Waals surface area contributed by atoms with Crippen LogP contribution >= 0.6 is 0 Å². The lowest BCUT2D eigenvalue weighted by Gasteiger charge is -2.27. The van der Waals surface area contributed by atoms with Gasteiger partial charge in [0.25, 0.3) is 0 Å². The molecule has 52 heavy (non-hydrogen) atoms. The van der Waals surface area contributed by atoms with Crippen LogP contribution in [0.15, 0.2) is 205 Å². The quantitative estimate of drug-likeness (QED) is 0.175. The maximum atomic E-state index is 9.49. The molecule has 0 radical (unpaired) electrons. The zero-order chi connectivity index (χ0) is 37.9. The van der Waals surface area contributed by atoms with Gasteiger partial charge in [-0.2, -0.15) is 0 Å². The molecule has 2 heteroatoms. The lowest BCUT2D eigenvalue weighted by molar-refractivity contribution is 0.673. The molecule has 1 aromatic heterocycles. The van der Waals surface area contributed by atoms with Crippen LogP contribution in [0.4, 0.5) is 17.1 Å². The molecular weight excluding hydrogens is 631 g/mol. The van der Waals surface area contributed by atoms with Gasteiger partial charge in [0.2, 0.25) is 0 Å². The van der Waals surface area contributed by atoms with Gasteiger partial charge in [-0.25, -0.2) is 0 Å².